The summed E-state index contributed by atoms with van der Waals surface area (Å²) in [5.74, 6) is 1.97. The minimum atomic E-state index is 0.394. The van der Waals surface area contributed by atoms with Crippen LogP contribution >= 0.6 is 34.8 Å². The summed E-state index contributed by atoms with van der Waals surface area (Å²) in [6, 6.07) is 3.67. The molecule has 0 spiro atoms. The van der Waals surface area contributed by atoms with Crippen molar-refractivity contribution < 1.29 is 0 Å². The zero-order valence-corrected chi connectivity index (χ0v) is 13.4. The Morgan fingerprint density at radius 3 is 2.53 bits per heavy atom. The average molecular weight is 320 g/mol. The van der Waals surface area contributed by atoms with E-state index in [2.05, 4.69) is 23.4 Å². The molecule has 0 saturated carbocycles. The van der Waals surface area contributed by atoms with E-state index in [-0.39, 0.29) is 0 Å². The Kier molecular flexibility index (Phi) is 4.99. The van der Waals surface area contributed by atoms with Gasteiger partial charge in [0.15, 0.2) is 0 Å². The summed E-state index contributed by atoms with van der Waals surface area (Å²) >= 11 is 18.1. The first-order valence-corrected chi connectivity index (χ1v) is 7.72. The van der Waals surface area contributed by atoms with Gasteiger partial charge in [-0.3, -0.25) is 0 Å². The largest absolute Gasteiger partial charge is 0.327 e. The number of alkyl halides is 1. The number of aromatic nitrogens is 2. The molecule has 0 N–H and O–H groups in total. The molecular weight excluding hydrogens is 303 g/mol. The normalized spacial score (nSPS) is 11.7. The number of rotatable bonds is 5. The minimum absolute atomic E-state index is 0.394. The maximum absolute atomic E-state index is 6.09. The van der Waals surface area contributed by atoms with Crippen LogP contribution in [0.5, 0.6) is 0 Å². The van der Waals surface area contributed by atoms with Gasteiger partial charge in [0.2, 0.25) is 0 Å². The fourth-order valence-electron chi connectivity index (χ4n) is 2.18. The molecular formula is C14H17Cl3N2. The molecule has 5 heteroatoms. The number of aryl methyl sites for hydroxylation is 1. The number of benzene rings is 1. The van der Waals surface area contributed by atoms with Crippen molar-refractivity contribution in [1.82, 2.24) is 9.55 Å². The van der Waals surface area contributed by atoms with Crippen LogP contribution in [0.2, 0.25) is 10.0 Å². The maximum atomic E-state index is 6.09. The molecule has 1 heterocycles. The van der Waals surface area contributed by atoms with E-state index in [1.54, 1.807) is 6.07 Å². The first kappa shape index (κ1) is 15.0. The molecule has 0 amide bonds. The van der Waals surface area contributed by atoms with Crippen LogP contribution in [-0.2, 0) is 12.4 Å². The van der Waals surface area contributed by atoms with Gasteiger partial charge in [-0.1, -0.05) is 37.0 Å². The smallest absolute Gasteiger partial charge is 0.124 e. The Balaban J connectivity index is 2.36. The number of hydrogen-bond acceptors (Lipinski definition) is 1. The molecule has 0 saturated heterocycles. The number of imidazole rings is 1. The van der Waals surface area contributed by atoms with Gasteiger partial charge in [-0.05, 0) is 30.9 Å². The van der Waals surface area contributed by atoms with E-state index in [0.717, 1.165) is 29.8 Å². The summed E-state index contributed by atoms with van der Waals surface area (Å²) in [6.45, 7) is 5.37. The van der Waals surface area contributed by atoms with Gasteiger partial charge in [0, 0.05) is 6.54 Å². The van der Waals surface area contributed by atoms with Crippen molar-refractivity contribution in [2.45, 2.75) is 39.1 Å². The second-order valence-corrected chi connectivity index (χ2v) is 6.19. The first-order chi connectivity index (χ1) is 9.02. The predicted molar refractivity (Wildman–Crippen MR) is 83.4 cm³/mol. The Hall–Kier alpha value is -0.440. The molecule has 1 aromatic heterocycles. The van der Waals surface area contributed by atoms with Gasteiger partial charge in [0.25, 0.3) is 0 Å². The van der Waals surface area contributed by atoms with Crippen molar-refractivity contribution in [3.8, 4) is 0 Å². The third-order valence-corrected chi connectivity index (χ3v) is 4.11. The number of halogens is 3. The molecule has 0 aliphatic carbocycles. The van der Waals surface area contributed by atoms with E-state index in [1.807, 2.05) is 6.07 Å². The highest BCUT2D eigenvalue weighted by Crippen LogP contribution is 2.29. The summed E-state index contributed by atoms with van der Waals surface area (Å²) in [5.41, 5.74) is 1.86. The zero-order valence-electron chi connectivity index (χ0n) is 11.1. The van der Waals surface area contributed by atoms with Crippen molar-refractivity contribution in [2.24, 2.45) is 5.92 Å². The van der Waals surface area contributed by atoms with Crippen LogP contribution in [0.1, 0.15) is 32.5 Å². The van der Waals surface area contributed by atoms with Crippen LogP contribution < -0.4 is 0 Å². The SMILES string of the molecule is CC(C)CCCn1c(CCl)nc2cc(Cl)c(Cl)cc21. The second kappa shape index (κ2) is 6.34. The summed E-state index contributed by atoms with van der Waals surface area (Å²) in [7, 11) is 0. The molecule has 1 aromatic carbocycles. The summed E-state index contributed by atoms with van der Waals surface area (Å²) in [5, 5.41) is 1.09. The fraction of sp³-hybridized carbons (Fsp3) is 0.500. The van der Waals surface area contributed by atoms with Crippen molar-refractivity contribution >= 4 is 45.8 Å². The number of fused-ring (bicyclic) bond motifs is 1. The van der Waals surface area contributed by atoms with Gasteiger partial charge in [-0.15, -0.1) is 11.6 Å². The van der Waals surface area contributed by atoms with E-state index in [4.69, 9.17) is 34.8 Å². The van der Waals surface area contributed by atoms with Crippen LogP contribution in [0.25, 0.3) is 11.0 Å². The lowest BCUT2D eigenvalue weighted by molar-refractivity contribution is 0.512. The molecule has 0 aliphatic rings. The molecule has 0 unspecified atom stereocenters. The predicted octanol–water partition coefficient (Wildman–Crippen LogP) is 5.52. The lowest BCUT2D eigenvalue weighted by Gasteiger charge is -2.09. The van der Waals surface area contributed by atoms with E-state index >= 15 is 0 Å². The quantitative estimate of drug-likeness (QED) is 0.664. The Bertz CT molecular complexity index is 576. The van der Waals surface area contributed by atoms with Gasteiger partial charge in [0.05, 0.1) is 27.0 Å². The van der Waals surface area contributed by atoms with Crippen molar-refractivity contribution in [2.75, 3.05) is 0 Å². The molecule has 0 radical (unpaired) electrons. The van der Waals surface area contributed by atoms with Crippen LogP contribution in [0, 0.1) is 5.92 Å². The van der Waals surface area contributed by atoms with Gasteiger partial charge in [-0.25, -0.2) is 4.98 Å². The van der Waals surface area contributed by atoms with Crippen LogP contribution in [0.3, 0.4) is 0 Å². The lowest BCUT2D eigenvalue weighted by Crippen LogP contribution is -2.03. The molecule has 0 atom stereocenters. The second-order valence-electron chi connectivity index (χ2n) is 5.10. The average Bonchev–Trinajstić information content (AvgIpc) is 2.67. The summed E-state index contributed by atoms with van der Waals surface area (Å²) in [6.07, 6.45) is 2.29. The molecule has 0 bridgehead atoms. The fourth-order valence-corrected chi connectivity index (χ4v) is 2.70. The van der Waals surface area contributed by atoms with Crippen LogP contribution in [0.4, 0.5) is 0 Å². The van der Waals surface area contributed by atoms with Crippen LogP contribution in [-0.4, -0.2) is 9.55 Å². The van der Waals surface area contributed by atoms with E-state index in [1.165, 1.54) is 6.42 Å². The van der Waals surface area contributed by atoms with Crippen molar-refractivity contribution in [3.05, 3.63) is 28.0 Å². The Morgan fingerprint density at radius 1 is 1.21 bits per heavy atom. The van der Waals surface area contributed by atoms with Gasteiger partial charge in [-0.2, -0.15) is 0 Å². The maximum Gasteiger partial charge on any atom is 0.124 e. The molecule has 0 aliphatic heterocycles. The third-order valence-electron chi connectivity index (χ3n) is 3.15. The van der Waals surface area contributed by atoms with E-state index < -0.39 is 0 Å². The van der Waals surface area contributed by atoms with Crippen LogP contribution in [0.15, 0.2) is 12.1 Å². The number of hydrogen-bond donors (Lipinski definition) is 0. The topological polar surface area (TPSA) is 17.8 Å². The monoisotopic (exact) mass is 318 g/mol. The Labute approximate surface area is 128 Å². The zero-order chi connectivity index (χ0) is 14.0. The molecule has 2 aromatic rings. The third kappa shape index (κ3) is 3.36. The summed E-state index contributed by atoms with van der Waals surface area (Å²) < 4.78 is 2.15. The van der Waals surface area contributed by atoms with Gasteiger partial charge in [0.1, 0.15) is 5.82 Å². The van der Waals surface area contributed by atoms with Crippen molar-refractivity contribution in [1.29, 1.82) is 0 Å². The minimum Gasteiger partial charge on any atom is -0.327 e. The summed E-state index contributed by atoms with van der Waals surface area (Å²) in [4.78, 5) is 4.52. The standard InChI is InChI=1S/C14H17Cl3N2/c1-9(2)4-3-5-19-13-7-11(17)10(16)6-12(13)18-14(19)8-15/h6-7,9H,3-5,8H2,1-2H3. The highest BCUT2D eigenvalue weighted by Gasteiger charge is 2.12. The molecule has 0 fully saturated rings. The van der Waals surface area contributed by atoms with Crippen molar-refractivity contribution in [3.63, 3.8) is 0 Å². The lowest BCUT2D eigenvalue weighted by atomic mass is 10.1. The molecule has 19 heavy (non-hydrogen) atoms. The Morgan fingerprint density at radius 2 is 1.89 bits per heavy atom. The molecule has 104 valence electrons. The molecule has 2 rings (SSSR count). The highest BCUT2D eigenvalue weighted by atomic mass is 35.5. The molecule has 2 nitrogen and oxygen atoms in total. The van der Waals surface area contributed by atoms with Gasteiger partial charge >= 0.3 is 0 Å². The number of nitrogens with zero attached hydrogens (tertiary/aromatic N) is 2. The van der Waals surface area contributed by atoms with Gasteiger partial charge < -0.3 is 4.57 Å². The first-order valence-electron chi connectivity index (χ1n) is 6.43. The highest BCUT2D eigenvalue weighted by molar-refractivity contribution is 6.42. The van der Waals surface area contributed by atoms with E-state index in [9.17, 15) is 0 Å². The van der Waals surface area contributed by atoms with E-state index in [0.29, 0.717) is 21.8 Å².